The van der Waals surface area contributed by atoms with Gasteiger partial charge in [-0.15, -0.1) is 0 Å². The first-order valence-corrected chi connectivity index (χ1v) is 6.26. The molecule has 1 heterocycles. The molecule has 1 aliphatic rings. The first kappa shape index (κ1) is 12.8. The van der Waals surface area contributed by atoms with Crippen LogP contribution in [0, 0.1) is 0 Å². The average Bonchev–Trinajstić information content (AvgIpc) is 2.65. The van der Waals surface area contributed by atoms with Crippen LogP contribution >= 0.6 is 0 Å². The number of aliphatic hydroxyl groups is 1. The van der Waals surface area contributed by atoms with Crippen LogP contribution in [0.1, 0.15) is 47.4 Å². The van der Waals surface area contributed by atoms with E-state index in [1.54, 1.807) is 24.3 Å². The summed E-state index contributed by atoms with van der Waals surface area (Å²) in [4.78, 5) is 25.7. The van der Waals surface area contributed by atoms with Gasteiger partial charge in [0, 0.05) is 0 Å². The van der Waals surface area contributed by atoms with Crippen molar-refractivity contribution in [3.8, 4) is 0 Å². The molecule has 1 aliphatic heterocycles. The molecule has 4 nitrogen and oxygen atoms in total. The molecular weight excluding hydrogens is 230 g/mol. The van der Waals surface area contributed by atoms with Gasteiger partial charge in [0.25, 0.3) is 11.8 Å². The Morgan fingerprint density at radius 1 is 1.06 bits per heavy atom. The minimum atomic E-state index is -0.669. The van der Waals surface area contributed by atoms with Gasteiger partial charge in [0.05, 0.1) is 23.3 Å². The Labute approximate surface area is 106 Å². The zero-order chi connectivity index (χ0) is 13.3. The summed E-state index contributed by atoms with van der Waals surface area (Å²) in [6, 6.07) is 6.35. The summed E-state index contributed by atoms with van der Waals surface area (Å²) in [7, 11) is 0. The Morgan fingerprint density at radius 3 is 1.94 bits per heavy atom. The summed E-state index contributed by atoms with van der Waals surface area (Å²) in [6.07, 6.45) is 0.407. The van der Waals surface area contributed by atoms with Crippen molar-refractivity contribution in [3.05, 3.63) is 35.4 Å². The van der Waals surface area contributed by atoms with E-state index < -0.39 is 12.1 Å². The molecule has 4 heteroatoms. The first-order valence-electron chi connectivity index (χ1n) is 6.26. The van der Waals surface area contributed by atoms with E-state index in [-0.39, 0.29) is 11.8 Å². The molecule has 0 fully saturated rings. The summed E-state index contributed by atoms with van der Waals surface area (Å²) >= 11 is 0. The smallest absolute Gasteiger partial charge is 0.261 e. The molecule has 96 valence electrons. The number of nitrogens with zero attached hydrogens (tertiary/aromatic N) is 1. The topological polar surface area (TPSA) is 57.6 Å². The van der Waals surface area contributed by atoms with Gasteiger partial charge in [-0.1, -0.05) is 26.0 Å². The third kappa shape index (κ3) is 1.82. The lowest BCUT2D eigenvalue weighted by Crippen LogP contribution is -2.46. The molecular formula is C14H17NO3. The Balaban J connectivity index is 2.38. The molecule has 0 spiro atoms. The van der Waals surface area contributed by atoms with Gasteiger partial charge in [0.15, 0.2) is 0 Å². The largest absolute Gasteiger partial charge is 0.391 e. The van der Waals surface area contributed by atoms with Gasteiger partial charge in [-0.3, -0.25) is 14.5 Å². The minimum Gasteiger partial charge on any atom is -0.391 e. The number of amides is 2. The normalized spacial score (nSPS) is 17.8. The van der Waals surface area contributed by atoms with E-state index >= 15 is 0 Å². The lowest BCUT2D eigenvalue weighted by Gasteiger charge is -2.28. The zero-order valence-corrected chi connectivity index (χ0v) is 10.6. The number of hydrogen-bond acceptors (Lipinski definition) is 3. The molecule has 2 rings (SSSR count). The van der Waals surface area contributed by atoms with Crippen molar-refractivity contribution >= 4 is 11.8 Å². The van der Waals surface area contributed by atoms with Gasteiger partial charge in [-0.05, 0) is 25.0 Å². The van der Waals surface area contributed by atoms with Gasteiger partial charge in [0.1, 0.15) is 0 Å². The number of benzene rings is 1. The fourth-order valence-electron chi connectivity index (χ4n) is 2.41. The van der Waals surface area contributed by atoms with Crippen molar-refractivity contribution in [3.63, 3.8) is 0 Å². The van der Waals surface area contributed by atoms with Crippen molar-refractivity contribution < 1.29 is 14.7 Å². The molecule has 0 aliphatic carbocycles. The van der Waals surface area contributed by atoms with Gasteiger partial charge >= 0.3 is 0 Å². The van der Waals surface area contributed by atoms with Gasteiger partial charge < -0.3 is 5.11 Å². The van der Waals surface area contributed by atoms with Crippen LogP contribution in [0.25, 0.3) is 0 Å². The molecule has 1 aromatic carbocycles. The van der Waals surface area contributed by atoms with Crippen molar-refractivity contribution in [2.24, 2.45) is 0 Å². The number of rotatable bonds is 4. The second kappa shape index (κ2) is 4.90. The zero-order valence-electron chi connectivity index (χ0n) is 10.6. The predicted molar refractivity (Wildman–Crippen MR) is 67.3 cm³/mol. The standard InChI is InChI=1S/C14H17NO3/c1-3-11(12(16)4-2)15-13(17)9-7-5-6-8-10(9)14(15)18/h5-8,11-12,16H,3-4H2,1-2H3. The number of carbonyl (C=O) groups excluding carboxylic acids is 2. The van der Waals surface area contributed by atoms with Crippen LogP contribution in [-0.4, -0.2) is 34.0 Å². The Bertz CT molecular complexity index is 449. The maximum Gasteiger partial charge on any atom is 0.261 e. The summed E-state index contributed by atoms with van der Waals surface area (Å²) in [5, 5.41) is 9.95. The highest BCUT2D eigenvalue weighted by Crippen LogP contribution is 2.27. The van der Waals surface area contributed by atoms with Crippen molar-refractivity contribution in [1.82, 2.24) is 4.90 Å². The van der Waals surface area contributed by atoms with Crippen LogP contribution in [0.3, 0.4) is 0 Å². The lowest BCUT2D eigenvalue weighted by molar-refractivity contribution is 0.0321. The lowest BCUT2D eigenvalue weighted by atomic mass is 10.0. The molecule has 1 aromatic rings. The highest BCUT2D eigenvalue weighted by Gasteiger charge is 2.40. The van der Waals surface area contributed by atoms with Crippen molar-refractivity contribution in [2.75, 3.05) is 0 Å². The molecule has 18 heavy (non-hydrogen) atoms. The van der Waals surface area contributed by atoms with Crippen molar-refractivity contribution in [2.45, 2.75) is 38.8 Å². The fourth-order valence-corrected chi connectivity index (χ4v) is 2.41. The van der Waals surface area contributed by atoms with E-state index in [4.69, 9.17) is 0 Å². The number of carbonyl (C=O) groups is 2. The first-order chi connectivity index (χ1) is 8.61. The number of aliphatic hydroxyl groups excluding tert-OH is 1. The third-order valence-electron chi connectivity index (χ3n) is 3.44. The summed E-state index contributed by atoms with van der Waals surface area (Å²) in [6.45, 7) is 3.71. The van der Waals surface area contributed by atoms with Crippen LogP contribution in [0.15, 0.2) is 24.3 Å². The summed E-state index contributed by atoms with van der Waals surface area (Å²) in [5.41, 5.74) is 0.869. The monoisotopic (exact) mass is 247 g/mol. The van der Waals surface area contributed by atoms with Crippen LogP contribution in [-0.2, 0) is 0 Å². The Hall–Kier alpha value is -1.68. The molecule has 1 N–H and O–H groups in total. The summed E-state index contributed by atoms with van der Waals surface area (Å²) < 4.78 is 0. The van der Waals surface area contributed by atoms with Crippen LogP contribution < -0.4 is 0 Å². The maximum absolute atomic E-state index is 12.2. The average molecular weight is 247 g/mol. The van der Waals surface area contributed by atoms with Crippen LogP contribution in [0.2, 0.25) is 0 Å². The molecule has 2 amide bonds. The van der Waals surface area contributed by atoms with E-state index in [0.29, 0.717) is 24.0 Å². The minimum absolute atomic E-state index is 0.296. The van der Waals surface area contributed by atoms with E-state index in [9.17, 15) is 14.7 Å². The molecule has 0 bridgehead atoms. The third-order valence-corrected chi connectivity index (χ3v) is 3.44. The predicted octanol–water partition coefficient (Wildman–Crippen LogP) is 1.83. The Kier molecular flexibility index (Phi) is 3.48. The molecule has 0 aromatic heterocycles. The second-order valence-corrected chi connectivity index (χ2v) is 4.48. The SMILES string of the molecule is CCC(O)C(CC)N1C(=O)c2ccccc2C1=O. The van der Waals surface area contributed by atoms with E-state index in [1.807, 2.05) is 13.8 Å². The maximum atomic E-state index is 12.2. The quantitative estimate of drug-likeness (QED) is 0.826. The molecule has 0 saturated carbocycles. The molecule has 0 saturated heterocycles. The van der Waals surface area contributed by atoms with Crippen LogP contribution in [0.5, 0.6) is 0 Å². The second-order valence-electron chi connectivity index (χ2n) is 4.48. The van der Waals surface area contributed by atoms with Gasteiger partial charge in [-0.25, -0.2) is 0 Å². The van der Waals surface area contributed by atoms with Crippen molar-refractivity contribution in [1.29, 1.82) is 0 Å². The fraction of sp³-hybridized carbons (Fsp3) is 0.429. The summed E-state index contributed by atoms with van der Waals surface area (Å²) in [5.74, 6) is -0.593. The highest BCUT2D eigenvalue weighted by atomic mass is 16.3. The van der Waals surface area contributed by atoms with E-state index in [1.165, 1.54) is 4.90 Å². The molecule has 2 unspecified atom stereocenters. The van der Waals surface area contributed by atoms with E-state index in [0.717, 1.165) is 0 Å². The molecule has 2 atom stereocenters. The Morgan fingerprint density at radius 2 is 1.56 bits per heavy atom. The number of fused-ring (bicyclic) bond motifs is 1. The highest BCUT2D eigenvalue weighted by molar-refractivity contribution is 6.21. The van der Waals surface area contributed by atoms with Gasteiger partial charge in [0.2, 0.25) is 0 Å². The number of imide groups is 1. The van der Waals surface area contributed by atoms with Crippen LogP contribution in [0.4, 0.5) is 0 Å². The number of hydrogen-bond donors (Lipinski definition) is 1. The van der Waals surface area contributed by atoms with E-state index in [2.05, 4.69) is 0 Å². The van der Waals surface area contributed by atoms with Gasteiger partial charge in [-0.2, -0.15) is 0 Å². The molecule has 0 radical (unpaired) electrons.